The van der Waals surface area contributed by atoms with Gasteiger partial charge in [0.25, 0.3) is 0 Å². The SMILES string of the molecule is Cc1ccc(S(N)(=O)=O)cc1C(N)=O. The molecule has 76 valence electrons. The van der Waals surface area contributed by atoms with Gasteiger partial charge in [-0.3, -0.25) is 4.79 Å². The lowest BCUT2D eigenvalue weighted by Crippen LogP contribution is -2.16. The molecule has 1 rings (SSSR count). The van der Waals surface area contributed by atoms with E-state index >= 15 is 0 Å². The van der Waals surface area contributed by atoms with Crippen LogP contribution in [0.1, 0.15) is 15.9 Å². The van der Waals surface area contributed by atoms with E-state index in [1.54, 1.807) is 6.92 Å². The molecule has 0 aliphatic heterocycles. The molecule has 0 heterocycles. The molecule has 0 spiro atoms. The van der Waals surface area contributed by atoms with E-state index in [0.29, 0.717) is 5.56 Å². The van der Waals surface area contributed by atoms with E-state index < -0.39 is 15.9 Å². The molecule has 0 aliphatic carbocycles. The van der Waals surface area contributed by atoms with Crippen LogP contribution in [0.25, 0.3) is 0 Å². The number of nitrogens with two attached hydrogens (primary N) is 2. The van der Waals surface area contributed by atoms with E-state index in [0.717, 1.165) is 0 Å². The number of hydrogen-bond acceptors (Lipinski definition) is 3. The van der Waals surface area contributed by atoms with Crippen molar-refractivity contribution >= 4 is 15.9 Å². The smallest absolute Gasteiger partial charge is 0.249 e. The van der Waals surface area contributed by atoms with E-state index in [-0.39, 0.29) is 10.5 Å². The standard InChI is InChI=1S/C8H10N2O3S/c1-5-2-3-6(14(10,12)13)4-7(5)8(9)11/h2-4H,1H3,(H2,9,11)(H2,10,12,13). The Kier molecular flexibility index (Phi) is 2.59. The van der Waals surface area contributed by atoms with Crippen LogP contribution in [0.2, 0.25) is 0 Å². The summed E-state index contributed by atoms with van der Waals surface area (Å²) in [4.78, 5) is 10.8. The second-order valence-corrected chi connectivity index (χ2v) is 4.45. The highest BCUT2D eigenvalue weighted by molar-refractivity contribution is 7.89. The minimum Gasteiger partial charge on any atom is -0.366 e. The number of rotatable bonds is 2. The van der Waals surface area contributed by atoms with Crippen LogP contribution < -0.4 is 10.9 Å². The Morgan fingerprint density at radius 1 is 1.36 bits per heavy atom. The monoisotopic (exact) mass is 214 g/mol. The van der Waals surface area contributed by atoms with Gasteiger partial charge in [-0.2, -0.15) is 0 Å². The van der Waals surface area contributed by atoms with Crippen molar-refractivity contribution in [3.63, 3.8) is 0 Å². The Morgan fingerprint density at radius 3 is 2.36 bits per heavy atom. The molecule has 0 aliphatic rings. The lowest BCUT2D eigenvalue weighted by Gasteiger charge is -2.03. The highest BCUT2D eigenvalue weighted by Crippen LogP contribution is 2.13. The normalized spacial score (nSPS) is 11.3. The van der Waals surface area contributed by atoms with Crippen LogP contribution in [0, 0.1) is 6.92 Å². The molecule has 4 N–H and O–H groups in total. The molecule has 1 amide bonds. The Morgan fingerprint density at radius 2 is 1.93 bits per heavy atom. The number of carbonyl (C=O) groups excluding carboxylic acids is 1. The van der Waals surface area contributed by atoms with Gasteiger partial charge < -0.3 is 5.73 Å². The van der Waals surface area contributed by atoms with Crippen molar-refractivity contribution in [3.05, 3.63) is 29.3 Å². The molecular formula is C8H10N2O3S. The summed E-state index contributed by atoms with van der Waals surface area (Å²) in [6.45, 7) is 1.66. The molecule has 0 radical (unpaired) electrons. The van der Waals surface area contributed by atoms with Gasteiger partial charge in [0.05, 0.1) is 4.90 Å². The maximum absolute atomic E-state index is 10.9. The van der Waals surface area contributed by atoms with Crippen molar-refractivity contribution < 1.29 is 13.2 Å². The van der Waals surface area contributed by atoms with Crippen LogP contribution in [-0.2, 0) is 10.0 Å². The fraction of sp³-hybridized carbons (Fsp3) is 0.125. The van der Waals surface area contributed by atoms with Crippen LogP contribution >= 0.6 is 0 Å². The zero-order chi connectivity index (χ0) is 10.9. The van der Waals surface area contributed by atoms with Gasteiger partial charge in [-0.25, -0.2) is 13.6 Å². The first-order chi connectivity index (χ1) is 6.32. The van der Waals surface area contributed by atoms with Crippen LogP contribution in [0.5, 0.6) is 0 Å². The van der Waals surface area contributed by atoms with Crippen molar-refractivity contribution in [2.75, 3.05) is 0 Å². The van der Waals surface area contributed by atoms with Crippen molar-refractivity contribution in [1.29, 1.82) is 0 Å². The number of hydrogen-bond donors (Lipinski definition) is 2. The predicted molar refractivity (Wildman–Crippen MR) is 51.1 cm³/mol. The lowest BCUT2D eigenvalue weighted by atomic mass is 10.1. The molecule has 0 aromatic heterocycles. The number of benzene rings is 1. The molecule has 0 saturated heterocycles. The summed E-state index contributed by atoms with van der Waals surface area (Å²) >= 11 is 0. The molecule has 5 nitrogen and oxygen atoms in total. The summed E-state index contributed by atoms with van der Waals surface area (Å²) in [5.74, 6) is -0.673. The molecule has 14 heavy (non-hydrogen) atoms. The van der Waals surface area contributed by atoms with Gasteiger partial charge in [-0.1, -0.05) is 6.07 Å². The number of aryl methyl sites for hydroxylation is 1. The first-order valence-electron chi connectivity index (χ1n) is 3.75. The highest BCUT2D eigenvalue weighted by atomic mass is 32.2. The Hall–Kier alpha value is -1.40. The van der Waals surface area contributed by atoms with Gasteiger partial charge >= 0.3 is 0 Å². The van der Waals surface area contributed by atoms with Gasteiger partial charge in [-0.15, -0.1) is 0 Å². The van der Waals surface area contributed by atoms with E-state index in [1.165, 1.54) is 18.2 Å². The van der Waals surface area contributed by atoms with Crippen molar-refractivity contribution in [2.24, 2.45) is 10.9 Å². The summed E-state index contributed by atoms with van der Waals surface area (Å²) in [5, 5.41) is 4.90. The average molecular weight is 214 g/mol. The summed E-state index contributed by atoms with van der Waals surface area (Å²) < 4.78 is 21.9. The van der Waals surface area contributed by atoms with Gasteiger partial charge in [0.1, 0.15) is 0 Å². The van der Waals surface area contributed by atoms with Crippen LogP contribution in [0.4, 0.5) is 0 Å². The van der Waals surface area contributed by atoms with E-state index in [4.69, 9.17) is 10.9 Å². The largest absolute Gasteiger partial charge is 0.366 e. The van der Waals surface area contributed by atoms with E-state index in [9.17, 15) is 13.2 Å². The molecule has 0 saturated carbocycles. The van der Waals surface area contributed by atoms with Crippen LogP contribution in [0.15, 0.2) is 23.1 Å². The number of amides is 1. The van der Waals surface area contributed by atoms with Gasteiger partial charge in [0.15, 0.2) is 0 Å². The second-order valence-electron chi connectivity index (χ2n) is 2.89. The fourth-order valence-electron chi connectivity index (χ4n) is 1.04. The minimum absolute atomic E-state index is 0.114. The minimum atomic E-state index is -3.78. The summed E-state index contributed by atoms with van der Waals surface area (Å²) in [7, 11) is -3.78. The number of carbonyl (C=O) groups is 1. The maximum Gasteiger partial charge on any atom is 0.249 e. The molecule has 1 aromatic carbocycles. The van der Waals surface area contributed by atoms with Gasteiger partial charge in [0.2, 0.25) is 15.9 Å². The van der Waals surface area contributed by atoms with Gasteiger partial charge in [-0.05, 0) is 24.6 Å². The number of sulfonamides is 1. The van der Waals surface area contributed by atoms with Gasteiger partial charge in [0, 0.05) is 5.56 Å². The van der Waals surface area contributed by atoms with Crippen molar-refractivity contribution in [1.82, 2.24) is 0 Å². The molecule has 1 aromatic rings. The third kappa shape index (κ3) is 2.09. The van der Waals surface area contributed by atoms with E-state index in [2.05, 4.69) is 0 Å². The Bertz CT molecular complexity index is 479. The zero-order valence-electron chi connectivity index (χ0n) is 7.52. The number of primary amides is 1. The maximum atomic E-state index is 10.9. The molecular weight excluding hydrogens is 204 g/mol. The molecule has 0 fully saturated rings. The van der Waals surface area contributed by atoms with E-state index in [1.807, 2.05) is 0 Å². The number of primary sulfonamides is 1. The molecule has 0 bridgehead atoms. The topological polar surface area (TPSA) is 103 Å². The summed E-state index contributed by atoms with van der Waals surface area (Å²) in [6, 6.07) is 3.99. The van der Waals surface area contributed by atoms with Crippen LogP contribution in [0.3, 0.4) is 0 Å². The fourth-order valence-corrected chi connectivity index (χ4v) is 1.58. The third-order valence-corrected chi connectivity index (χ3v) is 2.71. The molecule has 0 atom stereocenters. The summed E-state index contributed by atoms with van der Waals surface area (Å²) in [5.41, 5.74) is 5.83. The zero-order valence-corrected chi connectivity index (χ0v) is 8.34. The Balaban J connectivity index is 3.42. The quantitative estimate of drug-likeness (QED) is 0.708. The second kappa shape index (κ2) is 3.39. The first-order valence-corrected chi connectivity index (χ1v) is 5.30. The van der Waals surface area contributed by atoms with Crippen molar-refractivity contribution in [2.45, 2.75) is 11.8 Å². The summed E-state index contributed by atoms with van der Waals surface area (Å²) in [6.07, 6.45) is 0. The molecule has 0 unspecified atom stereocenters. The average Bonchev–Trinajstić information content (AvgIpc) is 2.02. The first kappa shape index (κ1) is 10.7. The van der Waals surface area contributed by atoms with Crippen molar-refractivity contribution in [3.8, 4) is 0 Å². The third-order valence-electron chi connectivity index (χ3n) is 1.80. The highest BCUT2D eigenvalue weighted by Gasteiger charge is 2.12. The van der Waals surface area contributed by atoms with Crippen LogP contribution in [-0.4, -0.2) is 14.3 Å². The lowest BCUT2D eigenvalue weighted by molar-refractivity contribution is 0.0999. The molecule has 6 heteroatoms. The Labute approximate surface area is 81.8 Å². The predicted octanol–water partition coefficient (Wildman–Crippen LogP) is -0.259.